The Morgan fingerprint density at radius 2 is 1.69 bits per heavy atom. The van der Waals surface area contributed by atoms with Crippen LogP contribution in [0.4, 0.5) is 4.39 Å². The van der Waals surface area contributed by atoms with Crippen molar-refractivity contribution in [3.05, 3.63) is 65.5 Å². The molecule has 0 aliphatic carbocycles. The van der Waals surface area contributed by atoms with Crippen LogP contribution in [0.3, 0.4) is 0 Å². The van der Waals surface area contributed by atoms with E-state index < -0.39 is 0 Å². The number of rotatable bonds is 6. The van der Waals surface area contributed by atoms with Crippen molar-refractivity contribution in [3.63, 3.8) is 0 Å². The Morgan fingerprint density at radius 3 is 2.27 bits per heavy atom. The molecule has 1 aliphatic rings. The second-order valence-corrected chi connectivity index (χ2v) is 6.13. The molecule has 1 atom stereocenters. The standard InChI is InChI=1S/C20H23FN2O3/c1-25-18-8-4-16(5-9-18)20(15-2-6-17(21)7-3-15)22-14-19(24)23-10-12-26-13-11-23/h2-9,20,22H,10-14H2,1H3/t20-/m0/s1. The molecule has 1 N–H and O–H groups in total. The van der Waals surface area contributed by atoms with Crippen LogP contribution in [0.15, 0.2) is 48.5 Å². The number of morpholine rings is 1. The Labute approximate surface area is 152 Å². The summed E-state index contributed by atoms with van der Waals surface area (Å²) in [6.07, 6.45) is 0. The van der Waals surface area contributed by atoms with Crippen LogP contribution in [0, 0.1) is 5.82 Å². The molecule has 138 valence electrons. The molecule has 2 aromatic rings. The minimum Gasteiger partial charge on any atom is -0.497 e. The second-order valence-electron chi connectivity index (χ2n) is 6.13. The van der Waals surface area contributed by atoms with Crippen LogP contribution < -0.4 is 10.1 Å². The lowest BCUT2D eigenvalue weighted by atomic mass is 9.98. The summed E-state index contributed by atoms with van der Waals surface area (Å²) in [5, 5.41) is 3.31. The van der Waals surface area contributed by atoms with Gasteiger partial charge in [-0.05, 0) is 35.4 Å². The van der Waals surface area contributed by atoms with Crippen molar-refractivity contribution in [3.8, 4) is 5.75 Å². The molecule has 0 radical (unpaired) electrons. The zero-order valence-corrected chi connectivity index (χ0v) is 14.8. The number of halogens is 1. The van der Waals surface area contributed by atoms with Gasteiger partial charge in [0.25, 0.3) is 0 Å². The summed E-state index contributed by atoms with van der Waals surface area (Å²) in [6.45, 7) is 2.58. The minimum atomic E-state index is -0.286. The predicted molar refractivity (Wildman–Crippen MR) is 96.6 cm³/mol. The summed E-state index contributed by atoms with van der Waals surface area (Å²) < 4.78 is 23.8. The van der Waals surface area contributed by atoms with Crippen LogP contribution in [0.5, 0.6) is 5.75 Å². The molecular formula is C20H23FN2O3. The molecular weight excluding hydrogens is 335 g/mol. The number of methoxy groups -OCH3 is 1. The molecule has 6 heteroatoms. The molecule has 1 aliphatic heterocycles. The number of nitrogens with one attached hydrogen (secondary N) is 1. The van der Waals surface area contributed by atoms with Crippen LogP contribution in [0.2, 0.25) is 0 Å². The Morgan fingerprint density at radius 1 is 1.12 bits per heavy atom. The van der Waals surface area contributed by atoms with E-state index in [4.69, 9.17) is 9.47 Å². The number of hydrogen-bond acceptors (Lipinski definition) is 4. The Bertz CT molecular complexity index is 713. The van der Waals surface area contributed by atoms with Gasteiger partial charge in [-0.3, -0.25) is 10.1 Å². The van der Waals surface area contributed by atoms with Crippen molar-refractivity contribution in [2.45, 2.75) is 6.04 Å². The summed E-state index contributed by atoms with van der Waals surface area (Å²) in [7, 11) is 1.62. The van der Waals surface area contributed by atoms with Gasteiger partial charge in [0, 0.05) is 13.1 Å². The molecule has 26 heavy (non-hydrogen) atoms. The second kappa shape index (κ2) is 8.78. The maximum absolute atomic E-state index is 13.3. The zero-order valence-electron chi connectivity index (χ0n) is 14.8. The molecule has 0 bridgehead atoms. The third-order valence-electron chi connectivity index (χ3n) is 4.47. The van der Waals surface area contributed by atoms with E-state index in [0.29, 0.717) is 26.3 Å². The van der Waals surface area contributed by atoms with E-state index in [9.17, 15) is 9.18 Å². The largest absolute Gasteiger partial charge is 0.497 e. The fourth-order valence-electron chi connectivity index (χ4n) is 2.99. The van der Waals surface area contributed by atoms with Crippen LogP contribution in [-0.4, -0.2) is 50.8 Å². The fourth-order valence-corrected chi connectivity index (χ4v) is 2.99. The van der Waals surface area contributed by atoms with Crippen molar-refractivity contribution in [1.29, 1.82) is 0 Å². The van der Waals surface area contributed by atoms with E-state index in [0.717, 1.165) is 16.9 Å². The highest BCUT2D eigenvalue weighted by Crippen LogP contribution is 2.24. The molecule has 5 nitrogen and oxygen atoms in total. The van der Waals surface area contributed by atoms with Crippen LogP contribution in [-0.2, 0) is 9.53 Å². The van der Waals surface area contributed by atoms with Gasteiger partial charge in [0.15, 0.2) is 0 Å². The number of amides is 1. The van der Waals surface area contributed by atoms with E-state index in [2.05, 4.69) is 5.32 Å². The first-order valence-electron chi connectivity index (χ1n) is 8.65. The van der Waals surface area contributed by atoms with Gasteiger partial charge in [0.2, 0.25) is 5.91 Å². The van der Waals surface area contributed by atoms with Crippen molar-refractivity contribution < 1.29 is 18.7 Å². The normalized spacial score (nSPS) is 15.5. The maximum atomic E-state index is 13.3. The highest BCUT2D eigenvalue weighted by Gasteiger charge is 2.20. The highest BCUT2D eigenvalue weighted by molar-refractivity contribution is 5.78. The Balaban J connectivity index is 1.75. The highest BCUT2D eigenvalue weighted by atomic mass is 19.1. The van der Waals surface area contributed by atoms with Crippen molar-refractivity contribution in [1.82, 2.24) is 10.2 Å². The average molecular weight is 358 g/mol. The van der Waals surface area contributed by atoms with Gasteiger partial charge in [-0.15, -0.1) is 0 Å². The van der Waals surface area contributed by atoms with E-state index in [1.807, 2.05) is 24.3 Å². The van der Waals surface area contributed by atoms with Gasteiger partial charge < -0.3 is 14.4 Å². The van der Waals surface area contributed by atoms with Gasteiger partial charge in [0.1, 0.15) is 11.6 Å². The Kier molecular flexibility index (Phi) is 6.20. The van der Waals surface area contributed by atoms with Crippen LogP contribution >= 0.6 is 0 Å². The number of carbonyl (C=O) groups excluding carboxylic acids is 1. The van der Waals surface area contributed by atoms with Gasteiger partial charge in [-0.2, -0.15) is 0 Å². The molecule has 1 amide bonds. The molecule has 0 saturated carbocycles. The number of carbonyl (C=O) groups is 1. The molecule has 1 saturated heterocycles. The van der Waals surface area contributed by atoms with E-state index in [1.165, 1.54) is 12.1 Å². The molecule has 1 fully saturated rings. The first kappa shape index (κ1) is 18.4. The first-order valence-corrected chi connectivity index (χ1v) is 8.65. The molecule has 0 unspecified atom stereocenters. The van der Waals surface area contributed by atoms with E-state index in [-0.39, 0.29) is 24.3 Å². The minimum absolute atomic E-state index is 0.0360. The maximum Gasteiger partial charge on any atom is 0.236 e. The summed E-state index contributed by atoms with van der Waals surface area (Å²) in [5.41, 5.74) is 1.87. The van der Waals surface area contributed by atoms with E-state index >= 15 is 0 Å². The van der Waals surface area contributed by atoms with E-state index in [1.54, 1.807) is 24.1 Å². The summed E-state index contributed by atoms with van der Waals surface area (Å²) in [6, 6.07) is 13.7. The lowest BCUT2D eigenvalue weighted by Gasteiger charge is -2.28. The molecule has 3 rings (SSSR count). The monoisotopic (exact) mass is 358 g/mol. The van der Waals surface area contributed by atoms with Crippen molar-refractivity contribution in [2.75, 3.05) is 40.0 Å². The lowest BCUT2D eigenvalue weighted by Crippen LogP contribution is -2.45. The van der Waals surface area contributed by atoms with Gasteiger partial charge in [-0.1, -0.05) is 24.3 Å². The number of ether oxygens (including phenoxy) is 2. The molecule has 0 aromatic heterocycles. The average Bonchev–Trinajstić information content (AvgIpc) is 2.70. The summed E-state index contributed by atoms with van der Waals surface area (Å²) in [5.74, 6) is 0.511. The van der Waals surface area contributed by atoms with Crippen molar-refractivity contribution >= 4 is 5.91 Å². The summed E-state index contributed by atoms with van der Waals surface area (Å²) >= 11 is 0. The smallest absolute Gasteiger partial charge is 0.236 e. The number of benzene rings is 2. The number of hydrogen-bond donors (Lipinski definition) is 1. The topological polar surface area (TPSA) is 50.8 Å². The van der Waals surface area contributed by atoms with Crippen LogP contribution in [0.1, 0.15) is 17.2 Å². The van der Waals surface area contributed by atoms with Gasteiger partial charge in [0.05, 0.1) is 32.9 Å². The third kappa shape index (κ3) is 4.59. The molecule has 1 heterocycles. The van der Waals surface area contributed by atoms with Crippen LogP contribution in [0.25, 0.3) is 0 Å². The summed E-state index contributed by atoms with van der Waals surface area (Å²) in [4.78, 5) is 14.2. The quantitative estimate of drug-likeness (QED) is 0.861. The predicted octanol–water partition coefficient (Wildman–Crippen LogP) is 2.37. The Hall–Kier alpha value is -2.44. The van der Waals surface area contributed by atoms with Gasteiger partial charge >= 0.3 is 0 Å². The molecule has 0 spiro atoms. The van der Waals surface area contributed by atoms with Crippen molar-refractivity contribution in [2.24, 2.45) is 0 Å². The van der Waals surface area contributed by atoms with Gasteiger partial charge in [-0.25, -0.2) is 4.39 Å². The fraction of sp³-hybridized carbons (Fsp3) is 0.350. The lowest BCUT2D eigenvalue weighted by molar-refractivity contribution is -0.134. The SMILES string of the molecule is COc1ccc([C@@H](NCC(=O)N2CCOCC2)c2ccc(F)cc2)cc1. The zero-order chi connectivity index (χ0) is 18.4. The first-order chi connectivity index (χ1) is 12.7. The number of nitrogens with zero attached hydrogens (tertiary/aromatic N) is 1. The molecule has 2 aromatic carbocycles. The third-order valence-corrected chi connectivity index (χ3v) is 4.47.